The van der Waals surface area contributed by atoms with Crippen LogP contribution in [-0.4, -0.2) is 22.5 Å². The minimum absolute atomic E-state index is 0.265. The first-order chi connectivity index (χ1) is 15.9. The molecule has 4 nitrogen and oxygen atoms in total. The van der Waals surface area contributed by atoms with Crippen LogP contribution in [-0.2, 0) is 6.42 Å². The van der Waals surface area contributed by atoms with Crippen LogP contribution >= 0.6 is 11.6 Å². The fourth-order valence-electron chi connectivity index (χ4n) is 4.63. The van der Waals surface area contributed by atoms with Gasteiger partial charge < -0.3 is 9.72 Å². The van der Waals surface area contributed by atoms with Crippen LogP contribution in [0, 0.1) is 6.92 Å². The van der Waals surface area contributed by atoms with Crippen molar-refractivity contribution in [2.24, 2.45) is 0 Å². The molecular formula is C28H27ClN2O2. The largest absolute Gasteiger partial charge is 0.416 e. The number of nitrogens with one attached hydrogen (secondary N) is 1. The summed E-state index contributed by atoms with van der Waals surface area (Å²) in [7, 11) is 0. The SMILES string of the molecule is Cc1ccc(OC(=O)N2CCc3c([nH]c4ccc(Cl)cc34)C2c2ccc(C(C)C)cc2)cc1. The number of benzene rings is 3. The highest BCUT2D eigenvalue weighted by Gasteiger charge is 2.35. The molecule has 0 radical (unpaired) electrons. The van der Waals surface area contributed by atoms with Crippen molar-refractivity contribution in [2.75, 3.05) is 6.54 Å². The maximum Gasteiger partial charge on any atom is 0.416 e. The second kappa shape index (κ2) is 8.60. The molecule has 0 saturated carbocycles. The number of aromatic amines is 1. The molecule has 1 aliphatic rings. The van der Waals surface area contributed by atoms with Crippen molar-refractivity contribution in [3.05, 3.63) is 99.7 Å². The number of hydrogen-bond donors (Lipinski definition) is 1. The van der Waals surface area contributed by atoms with Crippen molar-refractivity contribution in [3.63, 3.8) is 0 Å². The van der Waals surface area contributed by atoms with E-state index in [9.17, 15) is 4.79 Å². The number of carbonyl (C=O) groups is 1. The molecule has 2 heterocycles. The van der Waals surface area contributed by atoms with E-state index in [-0.39, 0.29) is 12.1 Å². The van der Waals surface area contributed by atoms with Crippen molar-refractivity contribution in [3.8, 4) is 5.75 Å². The van der Waals surface area contributed by atoms with Gasteiger partial charge in [-0.25, -0.2) is 4.79 Å². The average molecular weight is 459 g/mol. The normalized spacial score (nSPS) is 15.7. The first kappa shape index (κ1) is 21.6. The summed E-state index contributed by atoms with van der Waals surface area (Å²) >= 11 is 6.30. The molecule has 168 valence electrons. The molecule has 1 aliphatic heterocycles. The van der Waals surface area contributed by atoms with Gasteiger partial charge in [-0.05, 0) is 66.3 Å². The van der Waals surface area contributed by atoms with E-state index >= 15 is 0 Å². The fourth-order valence-corrected chi connectivity index (χ4v) is 4.81. The second-order valence-electron chi connectivity index (χ2n) is 9.06. The third kappa shape index (κ3) is 4.11. The third-order valence-corrected chi connectivity index (χ3v) is 6.70. The number of nitrogens with zero attached hydrogens (tertiary/aromatic N) is 1. The Morgan fingerprint density at radius 3 is 2.48 bits per heavy atom. The zero-order valence-electron chi connectivity index (χ0n) is 19.1. The Balaban J connectivity index is 1.57. The molecule has 0 aliphatic carbocycles. The zero-order valence-corrected chi connectivity index (χ0v) is 19.8. The molecule has 1 unspecified atom stereocenters. The van der Waals surface area contributed by atoms with Gasteiger partial charge in [-0.3, -0.25) is 4.90 Å². The predicted molar refractivity (Wildman–Crippen MR) is 133 cm³/mol. The molecular weight excluding hydrogens is 432 g/mol. The van der Waals surface area contributed by atoms with E-state index in [1.165, 1.54) is 11.1 Å². The molecule has 33 heavy (non-hydrogen) atoms. The number of hydrogen-bond acceptors (Lipinski definition) is 2. The van der Waals surface area contributed by atoms with Crippen LogP contribution in [0.1, 0.15) is 53.8 Å². The van der Waals surface area contributed by atoms with Gasteiger partial charge in [0.15, 0.2) is 0 Å². The van der Waals surface area contributed by atoms with Gasteiger partial charge in [-0.1, -0.05) is 67.4 Å². The molecule has 4 aromatic rings. The number of ether oxygens (including phenoxy) is 1. The van der Waals surface area contributed by atoms with Crippen LogP contribution in [0.3, 0.4) is 0 Å². The van der Waals surface area contributed by atoms with E-state index < -0.39 is 0 Å². The summed E-state index contributed by atoms with van der Waals surface area (Å²) in [5.41, 5.74) is 6.71. The monoisotopic (exact) mass is 458 g/mol. The first-order valence-corrected chi connectivity index (χ1v) is 11.7. The molecule has 1 atom stereocenters. The Bertz CT molecular complexity index is 1310. The van der Waals surface area contributed by atoms with Gasteiger partial charge in [0.1, 0.15) is 11.8 Å². The summed E-state index contributed by atoms with van der Waals surface area (Å²) in [6.45, 7) is 6.94. The van der Waals surface area contributed by atoms with E-state index in [0.717, 1.165) is 34.1 Å². The van der Waals surface area contributed by atoms with E-state index in [1.807, 2.05) is 54.3 Å². The van der Waals surface area contributed by atoms with Gasteiger partial charge in [0.2, 0.25) is 0 Å². The topological polar surface area (TPSA) is 45.3 Å². The summed E-state index contributed by atoms with van der Waals surface area (Å²) in [5, 5.41) is 1.83. The van der Waals surface area contributed by atoms with Crippen LogP contribution in [0.5, 0.6) is 5.75 Å². The average Bonchev–Trinajstić information content (AvgIpc) is 3.17. The maximum absolute atomic E-state index is 13.4. The maximum atomic E-state index is 13.4. The van der Waals surface area contributed by atoms with E-state index in [0.29, 0.717) is 23.2 Å². The molecule has 0 spiro atoms. The summed E-state index contributed by atoms with van der Waals surface area (Å²) in [6.07, 6.45) is 0.387. The molecule has 1 N–H and O–H groups in total. The Morgan fingerprint density at radius 1 is 1.06 bits per heavy atom. The Labute approximate surface area is 199 Å². The highest BCUT2D eigenvalue weighted by Crippen LogP contribution is 2.39. The second-order valence-corrected chi connectivity index (χ2v) is 9.49. The molecule has 1 aromatic heterocycles. The zero-order chi connectivity index (χ0) is 23.1. The predicted octanol–water partition coefficient (Wildman–Crippen LogP) is 7.40. The van der Waals surface area contributed by atoms with Crippen molar-refractivity contribution in [1.82, 2.24) is 9.88 Å². The lowest BCUT2D eigenvalue weighted by Gasteiger charge is -2.35. The summed E-state index contributed by atoms with van der Waals surface area (Å²) in [6, 6.07) is 21.7. The minimum Gasteiger partial charge on any atom is -0.410 e. The van der Waals surface area contributed by atoms with Gasteiger partial charge in [-0.15, -0.1) is 0 Å². The first-order valence-electron chi connectivity index (χ1n) is 11.4. The standard InChI is InChI=1S/C28H27ClN2O2/c1-17(2)19-6-8-20(9-7-19)27-26-23(24-16-21(29)10-13-25(24)30-26)14-15-31(27)28(32)33-22-11-4-18(3)5-12-22/h4-13,16-17,27,30H,14-15H2,1-3H3. The van der Waals surface area contributed by atoms with Crippen LogP contribution in [0.2, 0.25) is 5.02 Å². The lowest BCUT2D eigenvalue weighted by molar-refractivity contribution is 0.135. The van der Waals surface area contributed by atoms with Crippen LogP contribution in [0.25, 0.3) is 10.9 Å². The number of aryl methyl sites for hydroxylation is 1. The van der Waals surface area contributed by atoms with E-state index in [2.05, 4.69) is 43.1 Å². The smallest absolute Gasteiger partial charge is 0.410 e. The Morgan fingerprint density at radius 2 is 1.79 bits per heavy atom. The number of aromatic nitrogens is 1. The quantitative estimate of drug-likeness (QED) is 0.347. The molecule has 5 rings (SSSR count). The lowest BCUT2D eigenvalue weighted by Crippen LogP contribution is -2.42. The van der Waals surface area contributed by atoms with Crippen LogP contribution in [0.4, 0.5) is 4.79 Å². The van der Waals surface area contributed by atoms with Crippen molar-refractivity contribution >= 4 is 28.6 Å². The summed E-state index contributed by atoms with van der Waals surface area (Å²) < 4.78 is 5.78. The van der Waals surface area contributed by atoms with Gasteiger partial charge in [0.25, 0.3) is 0 Å². The van der Waals surface area contributed by atoms with Gasteiger partial charge >= 0.3 is 6.09 Å². The van der Waals surface area contributed by atoms with Crippen LogP contribution in [0.15, 0.2) is 66.7 Å². The number of halogens is 1. The van der Waals surface area contributed by atoms with Gasteiger partial charge in [0.05, 0.1) is 0 Å². The van der Waals surface area contributed by atoms with E-state index in [1.54, 1.807) is 0 Å². The highest BCUT2D eigenvalue weighted by atomic mass is 35.5. The number of H-pyrrole nitrogens is 1. The van der Waals surface area contributed by atoms with Gasteiger partial charge in [0, 0.05) is 28.2 Å². The van der Waals surface area contributed by atoms with Crippen LogP contribution < -0.4 is 4.74 Å². The van der Waals surface area contributed by atoms with Gasteiger partial charge in [-0.2, -0.15) is 0 Å². The number of amides is 1. The number of carbonyl (C=O) groups excluding carboxylic acids is 1. The summed E-state index contributed by atoms with van der Waals surface area (Å²) in [4.78, 5) is 18.8. The molecule has 5 heteroatoms. The molecule has 3 aromatic carbocycles. The summed E-state index contributed by atoms with van der Waals surface area (Å²) in [5.74, 6) is 0.993. The van der Waals surface area contributed by atoms with E-state index in [4.69, 9.17) is 16.3 Å². The molecule has 0 bridgehead atoms. The molecule has 0 fully saturated rings. The van der Waals surface area contributed by atoms with Crippen molar-refractivity contribution in [1.29, 1.82) is 0 Å². The number of fused-ring (bicyclic) bond motifs is 3. The lowest BCUT2D eigenvalue weighted by atomic mass is 9.91. The highest BCUT2D eigenvalue weighted by molar-refractivity contribution is 6.31. The minimum atomic E-state index is -0.348. The number of rotatable bonds is 3. The molecule has 1 amide bonds. The Kier molecular flexibility index (Phi) is 5.63. The van der Waals surface area contributed by atoms with Crippen molar-refractivity contribution < 1.29 is 9.53 Å². The molecule has 0 saturated heterocycles. The third-order valence-electron chi connectivity index (χ3n) is 6.47. The Hall–Kier alpha value is -3.24. The van der Waals surface area contributed by atoms with Crippen molar-refractivity contribution in [2.45, 2.75) is 39.2 Å². The fraction of sp³-hybridized carbons (Fsp3) is 0.250.